The lowest BCUT2D eigenvalue weighted by atomic mass is 10.4. The van der Waals surface area contributed by atoms with Crippen LogP contribution >= 0.6 is 33.9 Å². The van der Waals surface area contributed by atoms with Crippen LogP contribution in [0.5, 0.6) is 0 Å². The summed E-state index contributed by atoms with van der Waals surface area (Å²) in [4.78, 5) is 13.8. The number of nitrogens with zero attached hydrogens (tertiary/aromatic N) is 1. The molecule has 0 radical (unpaired) electrons. The summed E-state index contributed by atoms with van der Waals surface area (Å²) in [5, 5.41) is 0. The predicted molar refractivity (Wildman–Crippen MR) is 66.0 cm³/mol. The number of fused-ring (bicyclic) bond motifs is 1. The first-order chi connectivity index (χ1) is 6.92. The third-order valence-corrected chi connectivity index (χ3v) is 5.96. The molecule has 0 fully saturated rings. The summed E-state index contributed by atoms with van der Waals surface area (Å²) in [5.41, 5.74) is 0. The van der Waals surface area contributed by atoms with Crippen LogP contribution in [0, 0.1) is 2.88 Å². The van der Waals surface area contributed by atoms with Gasteiger partial charge in [0.15, 0.2) is 9.84 Å². The average Bonchev–Trinajstić information content (AvgIpc) is 2.53. The van der Waals surface area contributed by atoms with Gasteiger partial charge in [0, 0.05) is 13.6 Å². The van der Waals surface area contributed by atoms with Crippen LogP contribution in [0.2, 0.25) is 0 Å². The molecule has 2 rings (SSSR count). The normalized spacial score (nSPS) is 19.9. The lowest BCUT2D eigenvalue weighted by Gasteiger charge is -2.11. The van der Waals surface area contributed by atoms with Crippen LogP contribution in [0.1, 0.15) is 9.67 Å². The summed E-state index contributed by atoms with van der Waals surface area (Å²) in [6, 6.07) is 1.58. The fourth-order valence-electron chi connectivity index (χ4n) is 1.37. The Kier molecular flexibility index (Phi) is 2.80. The van der Waals surface area contributed by atoms with Gasteiger partial charge in [-0.15, -0.1) is 11.3 Å². The Morgan fingerprint density at radius 1 is 1.53 bits per heavy atom. The molecule has 0 aliphatic carbocycles. The first kappa shape index (κ1) is 11.3. The first-order valence-corrected chi connectivity index (χ1v) is 7.74. The third-order valence-electron chi connectivity index (χ3n) is 2.24. The molecule has 7 heteroatoms. The molecule has 0 spiro atoms. The van der Waals surface area contributed by atoms with Crippen LogP contribution in [0.25, 0.3) is 0 Å². The number of rotatable bonds is 0. The lowest BCUT2D eigenvalue weighted by molar-refractivity contribution is 0.0807. The summed E-state index contributed by atoms with van der Waals surface area (Å²) in [7, 11) is -1.66. The van der Waals surface area contributed by atoms with Gasteiger partial charge < -0.3 is 4.90 Å². The Morgan fingerprint density at radius 2 is 2.20 bits per heavy atom. The molecule has 0 aromatic carbocycles. The van der Waals surface area contributed by atoms with Crippen molar-refractivity contribution in [1.82, 2.24) is 4.90 Å². The van der Waals surface area contributed by atoms with Crippen molar-refractivity contribution in [3.05, 3.63) is 13.8 Å². The quantitative estimate of drug-likeness (QED) is 0.656. The monoisotopic (exact) mass is 357 g/mol. The molecule has 15 heavy (non-hydrogen) atoms. The highest BCUT2D eigenvalue weighted by Gasteiger charge is 2.31. The lowest BCUT2D eigenvalue weighted by Crippen LogP contribution is -2.27. The molecule has 82 valence electrons. The number of hydrogen-bond donors (Lipinski definition) is 0. The van der Waals surface area contributed by atoms with Crippen molar-refractivity contribution in [3.63, 3.8) is 0 Å². The smallest absolute Gasteiger partial charge is 0.265 e. The van der Waals surface area contributed by atoms with E-state index in [4.69, 9.17) is 0 Å². The van der Waals surface area contributed by atoms with Crippen molar-refractivity contribution in [2.24, 2.45) is 0 Å². The Hall–Kier alpha value is -0.150. The van der Waals surface area contributed by atoms with E-state index in [1.165, 1.54) is 16.2 Å². The number of thiophene rings is 1. The molecular formula is C8H8INO3S2. The van der Waals surface area contributed by atoms with Gasteiger partial charge in [0.25, 0.3) is 5.91 Å². The zero-order chi connectivity index (χ0) is 11.2. The van der Waals surface area contributed by atoms with Crippen molar-refractivity contribution < 1.29 is 13.2 Å². The Labute approximate surface area is 105 Å². The van der Waals surface area contributed by atoms with Gasteiger partial charge in [0.1, 0.15) is 4.88 Å². The van der Waals surface area contributed by atoms with E-state index >= 15 is 0 Å². The van der Waals surface area contributed by atoms with E-state index in [1.54, 1.807) is 13.1 Å². The van der Waals surface area contributed by atoms with Crippen molar-refractivity contribution in [2.75, 3.05) is 19.3 Å². The number of carbonyl (C=O) groups excluding carboxylic acids is 1. The van der Waals surface area contributed by atoms with Gasteiger partial charge in [-0.05, 0) is 28.7 Å². The van der Waals surface area contributed by atoms with Gasteiger partial charge in [-0.25, -0.2) is 8.42 Å². The van der Waals surface area contributed by atoms with Crippen LogP contribution in [-0.2, 0) is 9.84 Å². The summed E-state index contributed by atoms with van der Waals surface area (Å²) in [6.45, 7) is 0.263. The Bertz CT molecular complexity index is 520. The summed E-state index contributed by atoms with van der Waals surface area (Å²) >= 11 is 3.26. The van der Waals surface area contributed by atoms with E-state index in [1.807, 2.05) is 22.6 Å². The zero-order valence-corrected chi connectivity index (χ0v) is 11.6. The number of halogens is 1. The molecule has 0 bridgehead atoms. The molecule has 1 aromatic rings. The number of hydrogen-bond acceptors (Lipinski definition) is 4. The minimum atomic E-state index is -3.28. The fraction of sp³-hybridized carbons (Fsp3) is 0.375. The van der Waals surface area contributed by atoms with Crippen LogP contribution in [-0.4, -0.2) is 38.6 Å². The van der Waals surface area contributed by atoms with Crippen molar-refractivity contribution in [1.29, 1.82) is 0 Å². The molecule has 0 unspecified atom stereocenters. The van der Waals surface area contributed by atoms with E-state index in [0.717, 1.165) is 2.88 Å². The second-order valence-corrected chi connectivity index (χ2v) is 8.31. The maximum absolute atomic E-state index is 11.8. The van der Waals surface area contributed by atoms with Gasteiger partial charge in [0.2, 0.25) is 0 Å². The largest absolute Gasteiger partial charge is 0.340 e. The molecule has 1 aliphatic rings. The maximum Gasteiger partial charge on any atom is 0.265 e. The second kappa shape index (κ2) is 3.70. The highest BCUT2D eigenvalue weighted by molar-refractivity contribution is 14.1. The topological polar surface area (TPSA) is 54.5 Å². The Morgan fingerprint density at radius 3 is 2.87 bits per heavy atom. The second-order valence-electron chi connectivity index (χ2n) is 3.29. The molecule has 0 saturated carbocycles. The van der Waals surface area contributed by atoms with Gasteiger partial charge in [0.05, 0.1) is 13.5 Å². The molecule has 1 aromatic heterocycles. The van der Waals surface area contributed by atoms with Crippen molar-refractivity contribution in [2.45, 2.75) is 4.90 Å². The number of sulfone groups is 1. The van der Waals surface area contributed by atoms with Gasteiger partial charge in [-0.1, -0.05) is 0 Å². The van der Waals surface area contributed by atoms with Gasteiger partial charge in [-0.2, -0.15) is 0 Å². The van der Waals surface area contributed by atoms with Crippen LogP contribution < -0.4 is 0 Å². The standard InChI is InChI=1S/C8H8INO3S2/c1-10-2-3-15(12,13)5-4-6(9)14-7(5)8(10)11/h4H,2-3H2,1H3. The van der Waals surface area contributed by atoms with E-state index in [-0.39, 0.29) is 23.1 Å². The first-order valence-electron chi connectivity index (χ1n) is 4.19. The maximum atomic E-state index is 11.8. The summed E-state index contributed by atoms with van der Waals surface area (Å²) < 4.78 is 24.5. The SMILES string of the molecule is CN1CCS(=O)(=O)c2cc(I)sc2C1=O. The fourth-order valence-corrected chi connectivity index (χ4v) is 5.31. The highest BCUT2D eigenvalue weighted by atomic mass is 127. The molecule has 0 atom stereocenters. The van der Waals surface area contributed by atoms with E-state index < -0.39 is 9.84 Å². The van der Waals surface area contributed by atoms with Crippen molar-refractivity contribution in [3.8, 4) is 0 Å². The van der Waals surface area contributed by atoms with E-state index in [9.17, 15) is 13.2 Å². The summed E-state index contributed by atoms with van der Waals surface area (Å²) in [5.74, 6) is -0.186. The minimum absolute atomic E-state index is 0.00898. The molecule has 4 nitrogen and oxygen atoms in total. The zero-order valence-electron chi connectivity index (χ0n) is 7.86. The Balaban J connectivity index is 2.69. The number of carbonyl (C=O) groups is 1. The highest BCUT2D eigenvalue weighted by Crippen LogP contribution is 2.31. The van der Waals surface area contributed by atoms with Crippen LogP contribution in [0.3, 0.4) is 0 Å². The predicted octanol–water partition coefficient (Wildman–Crippen LogP) is 1.21. The van der Waals surface area contributed by atoms with Crippen molar-refractivity contribution >= 4 is 49.7 Å². The molecular weight excluding hydrogens is 349 g/mol. The molecule has 1 amide bonds. The average molecular weight is 357 g/mol. The van der Waals surface area contributed by atoms with Crippen LogP contribution in [0.4, 0.5) is 0 Å². The molecule has 0 N–H and O–H groups in total. The van der Waals surface area contributed by atoms with Gasteiger partial charge >= 0.3 is 0 Å². The van der Waals surface area contributed by atoms with Gasteiger partial charge in [-0.3, -0.25) is 4.79 Å². The van der Waals surface area contributed by atoms with E-state index in [2.05, 4.69) is 0 Å². The third kappa shape index (κ3) is 1.92. The molecule has 2 heterocycles. The molecule has 1 aliphatic heterocycles. The minimum Gasteiger partial charge on any atom is -0.340 e. The van der Waals surface area contributed by atoms with E-state index in [0.29, 0.717) is 4.88 Å². The molecule has 0 saturated heterocycles. The van der Waals surface area contributed by atoms with Crippen LogP contribution in [0.15, 0.2) is 11.0 Å². The number of amides is 1. The summed E-state index contributed by atoms with van der Waals surface area (Å²) in [6.07, 6.45) is 0.